The fourth-order valence-electron chi connectivity index (χ4n) is 3.29. The number of rotatable bonds is 3. The fraction of sp³-hybridized carbons (Fsp3) is 0.300. The van der Waals surface area contributed by atoms with Gasteiger partial charge in [-0.05, 0) is 75.4 Å². The van der Waals surface area contributed by atoms with Crippen LogP contribution in [-0.2, 0) is 12.8 Å². The zero-order valence-electron chi connectivity index (χ0n) is 14.7. The van der Waals surface area contributed by atoms with Crippen LogP contribution in [0.2, 0.25) is 0 Å². The van der Waals surface area contributed by atoms with E-state index in [9.17, 15) is 9.18 Å². The highest BCUT2D eigenvalue weighted by atomic mass is 32.2. The van der Waals surface area contributed by atoms with Gasteiger partial charge < -0.3 is 0 Å². The molecule has 0 fully saturated rings. The Morgan fingerprint density at radius 3 is 2.65 bits per heavy atom. The molecule has 1 aliphatic rings. The van der Waals surface area contributed by atoms with Crippen molar-refractivity contribution >= 4 is 29.0 Å². The van der Waals surface area contributed by atoms with E-state index in [1.807, 2.05) is 19.9 Å². The van der Waals surface area contributed by atoms with E-state index in [-0.39, 0.29) is 11.7 Å². The van der Waals surface area contributed by atoms with Crippen LogP contribution >= 0.6 is 23.1 Å². The first-order valence-corrected chi connectivity index (χ1v) is 10.3. The molecule has 3 nitrogen and oxygen atoms in total. The number of aryl methyl sites for hydroxylation is 3. The molecule has 0 saturated heterocycles. The van der Waals surface area contributed by atoms with E-state index in [1.54, 1.807) is 23.5 Å². The maximum Gasteiger partial charge on any atom is 0.288 e. The van der Waals surface area contributed by atoms with E-state index < -0.39 is 0 Å². The first kappa shape index (κ1) is 17.5. The van der Waals surface area contributed by atoms with Gasteiger partial charge in [0.25, 0.3) is 5.91 Å². The number of carbonyl (C=O) groups is 1. The van der Waals surface area contributed by atoms with Gasteiger partial charge in [0, 0.05) is 9.77 Å². The van der Waals surface area contributed by atoms with Gasteiger partial charge in [-0.3, -0.25) is 4.79 Å². The quantitative estimate of drug-likeness (QED) is 0.603. The lowest BCUT2D eigenvalue weighted by molar-refractivity contribution is 0.0946. The Hall–Kier alpha value is -1.92. The third-order valence-corrected chi connectivity index (χ3v) is 7.19. The number of fused-ring (bicyclic) bond motifs is 1. The largest absolute Gasteiger partial charge is 0.288 e. The highest BCUT2D eigenvalue weighted by Crippen LogP contribution is 2.34. The Morgan fingerprint density at radius 2 is 1.92 bits per heavy atom. The SMILES string of the molecule is Cc1nn(C(=O)c2cc3c(s2)CCCC3)c(C)c1Sc1ccc(F)cc1. The van der Waals surface area contributed by atoms with E-state index in [4.69, 9.17) is 0 Å². The second kappa shape index (κ2) is 7.00. The fourth-order valence-corrected chi connectivity index (χ4v) is 5.40. The second-order valence-corrected chi connectivity index (χ2v) is 8.76. The van der Waals surface area contributed by atoms with Crippen LogP contribution in [0.3, 0.4) is 0 Å². The summed E-state index contributed by atoms with van der Waals surface area (Å²) in [5, 5.41) is 4.49. The molecule has 26 heavy (non-hydrogen) atoms. The monoisotopic (exact) mass is 386 g/mol. The second-order valence-electron chi connectivity index (χ2n) is 6.54. The number of halogens is 1. The van der Waals surface area contributed by atoms with Gasteiger partial charge in [0.05, 0.1) is 21.2 Å². The van der Waals surface area contributed by atoms with Crippen molar-refractivity contribution < 1.29 is 9.18 Å². The molecule has 0 saturated carbocycles. The third-order valence-electron chi connectivity index (χ3n) is 4.66. The normalized spacial score (nSPS) is 13.7. The zero-order valence-corrected chi connectivity index (χ0v) is 16.3. The van der Waals surface area contributed by atoms with E-state index >= 15 is 0 Å². The first-order chi connectivity index (χ1) is 12.5. The first-order valence-electron chi connectivity index (χ1n) is 8.69. The maximum absolute atomic E-state index is 13.1. The molecular formula is C20H19FN2OS2. The molecule has 0 N–H and O–H groups in total. The van der Waals surface area contributed by atoms with Crippen molar-refractivity contribution in [1.82, 2.24) is 9.78 Å². The molecule has 0 radical (unpaired) electrons. The molecule has 6 heteroatoms. The summed E-state index contributed by atoms with van der Waals surface area (Å²) in [7, 11) is 0. The average Bonchev–Trinajstić information content (AvgIpc) is 3.19. The third kappa shape index (κ3) is 3.23. The van der Waals surface area contributed by atoms with Crippen LogP contribution in [0.25, 0.3) is 0 Å². The summed E-state index contributed by atoms with van der Waals surface area (Å²) in [5.74, 6) is -0.314. The topological polar surface area (TPSA) is 34.9 Å². The van der Waals surface area contributed by atoms with Crippen LogP contribution in [0.5, 0.6) is 0 Å². The number of carbonyl (C=O) groups excluding carboxylic acids is 1. The Kier molecular flexibility index (Phi) is 4.71. The van der Waals surface area contributed by atoms with Crippen molar-refractivity contribution in [3.05, 3.63) is 62.9 Å². The van der Waals surface area contributed by atoms with Crippen molar-refractivity contribution in [3.8, 4) is 0 Å². The standard InChI is InChI=1S/C20H19FN2OS2/c1-12-19(25-16-9-7-15(21)8-10-16)13(2)23(22-12)20(24)18-11-14-5-3-4-6-17(14)26-18/h7-11H,3-6H2,1-2H3. The van der Waals surface area contributed by atoms with Gasteiger partial charge in [-0.25, -0.2) is 4.39 Å². The molecule has 0 atom stereocenters. The van der Waals surface area contributed by atoms with E-state index in [0.717, 1.165) is 38.9 Å². The van der Waals surface area contributed by atoms with Crippen LogP contribution in [0, 0.1) is 19.7 Å². The number of aromatic nitrogens is 2. The summed E-state index contributed by atoms with van der Waals surface area (Å²) in [6.45, 7) is 3.82. The lowest BCUT2D eigenvalue weighted by Crippen LogP contribution is -2.14. The lowest BCUT2D eigenvalue weighted by Gasteiger charge is -2.08. The predicted octanol–water partition coefficient (Wildman–Crippen LogP) is 5.42. The van der Waals surface area contributed by atoms with E-state index in [0.29, 0.717) is 0 Å². The molecule has 3 aromatic rings. The molecular weight excluding hydrogens is 367 g/mol. The van der Waals surface area contributed by atoms with Crippen LogP contribution in [0.4, 0.5) is 4.39 Å². The summed E-state index contributed by atoms with van der Waals surface area (Å²) < 4.78 is 14.6. The van der Waals surface area contributed by atoms with Gasteiger partial charge in [-0.15, -0.1) is 11.3 Å². The van der Waals surface area contributed by atoms with Crippen LogP contribution in [-0.4, -0.2) is 15.7 Å². The maximum atomic E-state index is 13.1. The van der Waals surface area contributed by atoms with Gasteiger partial charge in [-0.2, -0.15) is 9.78 Å². The number of hydrogen-bond donors (Lipinski definition) is 0. The smallest absolute Gasteiger partial charge is 0.266 e. The Labute approximate surface area is 160 Å². The molecule has 0 bridgehead atoms. The summed E-state index contributed by atoms with van der Waals surface area (Å²) in [4.78, 5) is 17.0. The molecule has 2 aromatic heterocycles. The number of benzene rings is 1. The van der Waals surface area contributed by atoms with Gasteiger partial charge in [0.15, 0.2) is 0 Å². The predicted molar refractivity (Wildman–Crippen MR) is 103 cm³/mol. The Bertz CT molecular complexity index is 949. The summed E-state index contributed by atoms with van der Waals surface area (Å²) in [6, 6.07) is 8.42. The molecule has 1 aromatic carbocycles. The van der Waals surface area contributed by atoms with Crippen molar-refractivity contribution in [3.63, 3.8) is 0 Å². The van der Waals surface area contributed by atoms with Crippen molar-refractivity contribution in [2.24, 2.45) is 0 Å². The van der Waals surface area contributed by atoms with Crippen LogP contribution in [0.1, 0.15) is 44.3 Å². The highest BCUT2D eigenvalue weighted by molar-refractivity contribution is 7.99. The van der Waals surface area contributed by atoms with Crippen LogP contribution in [0.15, 0.2) is 40.1 Å². The molecule has 1 aliphatic carbocycles. The molecule has 2 heterocycles. The van der Waals surface area contributed by atoms with E-state index in [2.05, 4.69) is 5.10 Å². The molecule has 0 amide bonds. The van der Waals surface area contributed by atoms with Gasteiger partial charge >= 0.3 is 0 Å². The summed E-state index contributed by atoms with van der Waals surface area (Å²) in [6.07, 6.45) is 4.56. The minimum absolute atomic E-state index is 0.0593. The van der Waals surface area contributed by atoms with Gasteiger partial charge in [-0.1, -0.05) is 11.8 Å². The Morgan fingerprint density at radius 1 is 1.19 bits per heavy atom. The Balaban J connectivity index is 1.64. The lowest BCUT2D eigenvalue weighted by atomic mass is 9.99. The van der Waals surface area contributed by atoms with Crippen molar-refractivity contribution in [2.75, 3.05) is 0 Å². The summed E-state index contributed by atoms with van der Waals surface area (Å²) in [5.41, 5.74) is 2.96. The molecule has 0 aliphatic heterocycles. The number of nitrogens with zero attached hydrogens (tertiary/aromatic N) is 2. The van der Waals surface area contributed by atoms with Crippen molar-refractivity contribution in [2.45, 2.75) is 49.3 Å². The molecule has 134 valence electrons. The number of hydrogen-bond acceptors (Lipinski definition) is 4. The molecule has 0 unspecified atom stereocenters. The van der Waals surface area contributed by atoms with Crippen molar-refractivity contribution in [1.29, 1.82) is 0 Å². The minimum atomic E-state index is -0.254. The minimum Gasteiger partial charge on any atom is -0.266 e. The highest BCUT2D eigenvalue weighted by Gasteiger charge is 2.22. The zero-order chi connectivity index (χ0) is 18.3. The van der Waals surface area contributed by atoms with Gasteiger partial charge in [0.2, 0.25) is 0 Å². The molecule has 4 rings (SSSR count). The number of thiophene rings is 1. The van der Waals surface area contributed by atoms with Gasteiger partial charge in [0.1, 0.15) is 5.82 Å². The average molecular weight is 387 g/mol. The van der Waals surface area contributed by atoms with E-state index in [1.165, 1.54) is 51.9 Å². The molecule has 0 spiro atoms. The summed E-state index contributed by atoms with van der Waals surface area (Å²) >= 11 is 3.12. The van der Waals surface area contributed by atoms with Crippen LogP contribution < -0.4 is 0 Å².